The fourth-order valence-corrected chi connectivity index (χ4v) is 2.04. The monoisotopic (exact) mass is 290 g/mol. The molecule has 0 spiro atoms. The van der Waals surface area contributed by atoms with E-state index < -0.39 is 5.97 Å². The Kier molecular flexibility index (Phi) is 3.63. The maximum Gasteiger partial charge on any atom is 0.335 e. The number of hydrogen-bond donors (Lipinski definition) is 2. The molecule has 2 rings (SSSR count). The largest absolute Gasteiger partial charge is 0.478 e. The Balaban J connectivity index is 2.41. The van der Waals surface area contributed by atoms with Crippen LogP contribution in [-0.4, -0.2) is 20.9 Å². The zero-order chi connectivity index (χ0) is 14.9. The molecule has 1 heterocycles. The number of benzene rings is 1. The normalized spacial score (nSPS) is 10.1. The summed E-state index contributed by atoms with van der Waals surface area (Å²) < 4.78 is 1.54. The van der Waals surface area contributed by atoms with Crippen molar-refractivity contribution in [2.45, 2.75) is 6.92 Å². The number of carboxylic acids is 1. The van der Waals surface area contributed by atoms with Gasteiger partial charge in [-0.15, -0.1) is 0 Å². The highest BCUT2D eigenvalue weighted by atomic mass is 35.5. The molecule has 0 fully saturated rings. The predicted octanol–water partition coefficient (Wildman–Crippen LogP) is 2.70. The lowest BCUT2D eigenvalue weighted by Gasteiger charge is -2.09. The quantitative estimate of drug-likeness (QED) is 0.907. The lowest BCUT2D eigenvalue weighted by atomic mass is 10.2. The number of carbonyl (C=O) groups is 1. The number of carboxylic acid groups (broad SMARTS) is 1. The van der Waals surface area contributed by atoms with Gasteiger partial charge in [0.1, 0.15) is 17.5 Å². The predicted molar refractivity (Wildman–Crippen MR) is 74.4 cm³/mol. The van der Waals surface area contributed by atoms with Crippen LogP contribution >= 0.6 is 11.6 Å². The van der Waals surface area contributed by atoms with E-state index in [1.165, 1.54) is 16.8 Å². The van der Waals surface area contributed by atoms with Crippen LogP contribution in [-0.2, 0) is 7.05 Å². The molecule has 2 aromatic rings. The average Bonchev–Trinajstić information content (AvgIpc) is 2.65. The van der Waals surface area contributed by atoms with Crippen LogP contribution in [0, 0.1) is 18.3 Å². The summed E-state index contributed by atoms with van der Waals surface area (Å²) in [6, 6.07) is 6.41. The first-order valence-electron chi connectivity index (χ1n) is 5.67. The molecule has 0 saturated carbocycles. The third-order valence-corrected chi connectivity index (χ3v) is 3.12. The molecule has 0 aliphatic rings. The summed E-state index contributed by atoms with van der Waals surface area (Å²) in [5.41, 5.74) is 1.64. The molecule has 2 N–H and O–H groups in total. The number of halogens is 1. The van der Waals surface area contributed by atoms with E-state index in [1.54, 1.807) is 20.0 Å². The van der Waals surface area contributed by atoms with Crippen molar-refractivity contribution in [1.82, 2.24) is 9.78 Å². The van der Waals surface area contributed by atoms with Crippen molar-refractivity contribution in [3.63, 3.8) is 0 Å². The van der Waals surface area contributed by atoms with Gasteiger partial charge in [-0.3, -0.25) is 4.68 Å². The zero-order valence-corrected chi connectivity index (χ0v) is 11.6. The highest BCUT2D eigenvalue weighted by Crippen LogP contribution is 2.28. The van der Waals surface area contributed by atoms with E-state index in [2.05, 4.69) is 16.5 Å². The van der Waals surface area contributed by atoms with Crippen LogP contribution in [0.5, 0.6) is 0 Å². The van der Waals surface area contributed by atoms with E-state index in [-0.39, 0.29) is 10.6 Å². The fourth-order valence-electron chi connectivity index (χ4n) is 1.81. The van der Waals surface area contributed by atoms with E-state index >= 15 is 0 Å². The number of anilines is 2. The standard InChI is InChI=1S/C13H11ClN4O2/c1-7-9(6-15)12(18(2)17-7)16-11-4-3-8(13(19)20)5-10(11)14/h3-5,16H,1-2H3,(H,19,20). The molecular weight excluding hydrogens is 280 g/mol. The van der Waals surface area contributed by atoms with E-state index in [9.17, 15) is 4.79 Å². The van der Waals surface area contributed by atoms with Crippen LogP contribution < -0.4 is 5.32 Å². The smallest absolute Gasteiger partial charge is 0.335 e. The first-order valence-corrected chi connectivity index (χ1v) is 6.05. The molecule has 7 heteroatoms. The molecule has 0 aliphatic heterocycles. The minimum Gasteiger partial charge on any atom is -0.478 e. The maximum absolute atomic E-state index is 10.8. The van der Waals surface area contributed by atoms with Crippen LogP contribution in [0.2, 0.25) is 5.02 Å². The summed E-state index contributed by atoms with van der Waals surface area (Å²) in [5, 5.41) is 25.4. The molecule has 0 unspecified atom stereocenters. The highest BCUT2D eigenvalue weighted by molar-refractivity contribution is 6.33. The van der Waals surface area contributed by atoms with Crippen molar-refractivity contribution in [3.05, 3.63) is 40.0 Å². The summed E-state index contributed by atoms with van der Waals surface area (Å²) in [6.07, 6.45) is 0. The number of aryl methyl sites for hydroxylation is 2. The van der Waals surface area contributed by atoms with E-state index in [4.69, 9.17) is 22.0 Å². The van der Waals surface area contributed by atoms with Gasteiger partial charge in [-0.05, 0) is 25.1 Å². The SMILES string of the molecule is Cc1nn(C)c(Nc2ccc(C(=O)O)cc2Cl)c1C#N. The molecule has 0 amide bonds. The van der Waals surface area contributed by atoms with Crippen LogP contribution in [0.15, 0.2) is 18.2 Å². The molecule has 6 nitrogen and oxygen atoms in total. The van der Waals surface area contributed by atoms with Gasteiger partial charge >= 0.3 is 5.97 Å². The van der Waals surface area contributed by atoms with Gasteiger partial charge in [0.2, 0.25) is 0 Å². The second-order valence-corrected chi connectivity index (χ2v) is 4.58. The van der Waals surface area contributed by atoms with Gasteiger partial charge in [0.05, 0.1) is 22.0 Å². The molecular formula is C13H11ClN4O2. The Morgan fingerprint density at radius 3 is 2.80 bits per heavy atom. The van der Waals surface area contributed by atoms with E-state index in [0.29, 0.717) is 22.8 Å². The number of nitriles is 1. The molecule has 1 aromatic carbocycles. The summed E-state index contributed by atoms with van der Waals surface area (Å²) in [7, 11) is 1.70. The molecule has 0 bridgehead atoms. The summed E-state index contributed by atoms with van der Waals surface area (Å²) in [5.74, 6) is -0.539. The summed E-state index contributed by atoms with van der Waals surface area (Å²) in [4.78, 5) is 10.8. The fraction of sp³-hybridized carbons (Fsp3) is 0.154. The van der Waals surface area contributed by atoms with Crippen molar-refractivity contribution < 1.29 is 9.90 Å². The number of hydrogen-bond acceptors (Lipinski definition) is 4. The zero-order valence-electron chi connectivity index (χ0n) is 10.8. The second kappa shape index (κ2) is 5.23. The van der Waals surface area contributed by atoms with Crippen molar-refractivity contribution in [1.29, 1.82) is 5.26 Å². The Hall–Kier alpha value is -2.52. The topological polar surface area (TPSA) is 90.9 Å². The van der Waals surface area contributed by atoms with Gasteiger partial charge in [0, 0.05) is 7.05 Å². The summed E-state index contributed by atoms with van der Waals surface area (Å²) in [6.45, 7) is 1.73. The van der Waals surface area contributed by atoms with Crippen molar-refractivity contribution >= 4 is 29.1 Å². The molecule has 0 saturated heterocycles. The molecule has 20 heavy (non-hydrogen) atoms. The second-order valence-electron chi connectivity index (χ2n) is 4.17. The Morgan fingerprint density at radius 2 is 2.25 bits per heavy atom. The van der Waals surface area contributed by atoms with Crippen molar-refractivity contribution in [2.24, 2.45) is 7.05 Å². The van der Waals surface area contributed by atoms with Crippen LogP contribution in [0.4, 0.5) is 11.5 Å². The first-order chi connectivity index (χ1) is 9.43. The lowest BCUT2D eigenvalue weighted by molar-refractivity contribution is 0.0697. The van der Waals surface area contributed by atoms with Crippen LogP contribution in [0.25, 0.3) is 0 Å². The van der Waals surface area contributed by atoms with Gasteiger partial charge in [-0.1, -0.05) is 11.6 Å². The number of nitrogens with zero attached hydrogens (tertiary/aromatic N) is 3. The summed E-state index contributed by atoms with van der Waals surface area (Å²) >= 11 is 6.04. The van der Waals surface area contributed by atoms with Gasteiger partial charge in [0.15, 0.2) is 0 Å². The first kappa shape index (κ1) is 13.9. The number of aromatic carboxylic acids is 1. The van der Waals surface area contributed by atoms with Gasteiger partial charge in [-0.2, -0.15) is 10.4 Å². The minimum atomic E-state index is -1.05. The lowest BCUT2D eigenvalue weighted by Crippen LogP contribution is -2.02. The van der Waals surface area contributed by atoms with Crippen molar-refractivity contribution in [2.75, 3.05) is 5.32 Å². The molecule has 0 aliphatic carbocycles. The Bertz CT molecular complexity index is 731. The Morgan fingerprint density at radius 1 is 1.55 bits per heavy atom. The number of nitrogens with one attached hydrogen (secondary N) is 1. The average molecular weight is 291 g/mol. The molecule has 1 aromatic heterocycles. The minimum absolute atomic E-state index is 0.0993. The highest BCUT2D eigenvalue weighted by Gasteiger charge is 2.15. The third kappa shape index (κ3) is 2.44. The molecule has 0 radical (unpaired) electrons. The number of aromatic nitrogens is 2. The van der Waals surface area contributed by atoms with Gasteiger partial charge < -0.3 is 10.4 Å². The van der Waals surface area contributed by atoms with Gasteiger partial charge in [-0.25, -0.2) is 4.79 Å². The van der Waals surface area contributed by atoms with E-state index in [0.717, 1.165) is 0 Å². The Labute approximate surface area is 120 Å². The maximum atomic E-state index is 10.8. The van der Waals surface area contributed by atoms with Crippen molar-refractivity contribution in [3.8, 4) is 6.07 Å². The third-order valence-electron chi connectivity index (χ3n) is 2.80. The van der Waals surface area contributed by atoms with E-state index in [1.807, 2.05) is 0 Å². The molecule has 0 atom stereocenters. The van der Waals surface area contributed by atoms with Crippen LogP contribution in [0.1, 0.15) is 21.6 Å². The van der Waals surface area contributed by atoms with Gasteiger partial charge in [0.25, 0.3) is 0 Å². The van der Waals surface area contributed by atoms with Crippen LogP contribution in [0.3, 0.4) is 0 Å². The number of rotatable bonds is 3. The molecule has 102 valence electrons.